The molecule has 1 saturated carbocycles. The molecule has 2 rings (SSSR count). The minimum absolute atomic E-state index is 0.212. The van der Waals surface area contributed by atoms with Crippen LogP contribution in [-0.4, -0.2) is 17.8 Å². The first-order chi connectivity index (χ1) is 7.04. The Morgan fingerprint density at radius 1 is 1.53 bits per heavy atom. The van der Waals surface area contributed by atoms with E-state index in [1.165, 1.54) is 7.11 Å². The maximum absolute atomic E-state index is 13.8. The molecule has 0 unspecified atom stereocenters. The van der Waals surface area contributed by atoms with E-state index in [0.29, 0.717) is 12.0 Å². The van der Waals surface area contributed by atoms with Crippen molar-refractivity contribution in [2.24, 2.45) is 0 Å². The lowest BCUT2D eigenvalue weighted by Crippen LogP contribution is -2.12. The summed E-state index contributed by atoms with van der Waals surface area (Å²) in [4.78, 5) is 0. The fourth-order valence-corrected chi connectivity index (χ4v) is 2.06. The number of rotatable bonds is 3. The summed E-state index contributed by atoms with van der Waals surface area (Å²) in [5.41, 5.74) is -0.187. The standard InChI is InChI=1S/C11H12BrFO2/c1-15-9-5-8(12)4-7(10(9)13)6-11(14)2-3-11/h4-5,14H,2-3,6H2,1H3. The van der Waals surface area contributed by atoms with Crippen LogP contribution in [0.5, 0.6) is 5.75 Å². The predicted octanol–water partition coefficient (Wildman–Crippen LogP) is 2.66. The monoisotopic (exact) mass is 274 g/mol. The molecule has 1 N–H and O–H groups in total. The summed E-state index contributed by atoms with van der Waals surface area (Å²) in [6, 6.07) is 3.27. The molecule has 0 amide bonds. The van der Waals surface area contributed by atoms with Crippen LogP contribution in [-0.2, 0) is 6.42 Å². The van der Waals surface area contributed by atoms with Crippen LogP contribution in [0.25, 0.3) is 0 Å². The number of ether oxygens (including phenoxy) is 1. The topological polar surface area (TPSA) is 29.5 Å². The van der Waals surface area contributed by atoms with Gasteiger partial charge in [0.05, 0.1) is 12.7 Å². The van der Waals surface area contributed by atoms with Gasteiger partial charge in [0.1, 0.15) is 0 Å². The molecule has 1 aromatic carbocycles. The Labute approximate surface area is 96.2 Å². The summed E-state index contributed by atoms with van der Waals surface area (Å²) in [7, 11) is 1.43. The molecule has 2 nitrogen and oxygen atoms in total. The SMILES string of the molecule is COc1cc(Br)cc(CC2(O)CC2)c1F. The van der Waals surface area contributed by atoms with Gasteiger partial charge in [-0.05, 0) is 30.5 Å². The zero-order chi connectivity index (χ0) is 11.1. The zero-order valence-corrected chi connectivity index (χ0v) is 9.97. The fraction of sp³-hybridized carbons (Fsp3) is 0.455. The highest BCUT2D eigenvalue weighted by Gasteiger charge is 2.41. The Hall–Kier alpha value is -0.610. The van der Waals surface area contributed by atoms with Gasteiger partial charge in [-0.3, -0.25) is 0 Å². The lowest BCUT2D eigenvalue weighted by atomic mass is 10.1. The van der Waals surface area contributed by atoms with Crippen LogP contribution in [0.2, 0.25) is 0 Å². The molecule has 0 heterocycles. The second-order valence-electron chi connectivity index (χ2n) is 3.98. The van der Waals surface area contributed by atoms with E-state index in [9.17, 15) is 9.50 Å². The van der Waals surface area contributed by atoms with Gasteiger partial charge >= 0.3 is 0 Å². The van der Waals surface area contributed by atoms with Gasteiger partial charge in [0.25, 0.3) is 0 Å². The smallest absolute Gasteiger partial charge is 0.168 e. The summed E-state index contributed by atoms with van der Waals surface area (Å²) in [5.74, 6) is -0.162. The number of halogens is 2. The molecule has 1 aliphatic carbocycles. The number of aliphatic hydroxyl groups is 1. The van der Waals surface area contributed by atoms with Crippen LogP contribution in [0.15, 0.2) is 16.6 Å². The molecular formula is C11H12BrFO2. The molecule has 82 valence electrons. The van der Waals surface area contributed by atoms with Crippen LogP contribution in [0.4, 0.5) is 4.39 Å². The van der Waals surface area contributed by atoms with Crippen molar-refractivity contribution in [3.63, 3.8) is 0 Å². The van der Waals surface area contributed by atoms with E-state index in [1.807, 2.05) is 0 Å². The normalized spacial score (nSPS) is 17.6. The summed E-state index contributed by atoms with van der Waals surface area (Å²) >= 11 is 3.29. The number of benzene rings is 1. The zero-order valence-electron chi connectivity index (χ0n) is 8.39. The van der Waals surface area contributed by atoms with E-state index >= 15 is 0 Å². The number of methoxy groups -OCH3 is 1. The maximum Gasteiger partial charge on any atom is 0.168 e. The van der Waals surface area contributed by atoms with Crippen molar-refractivity contribution in [3.05, 3.63) is 28.0 Å². The summed E-state index contributed by atoms with van der Waals surface area (Å²) < 4.78 is 19.4. The van der Waals surface area contributed by atoms with Gasteiger partial charge in [0, 0.05) is 10.9 Å². The van der Waals surface area contributed by atoms with Gasteiger partial charge in [0.15, 0.2) is 11.6 Å². The summed E-state index contributed by atoms with van der Waals surface area (Å²) in [6.45, 7) is 0. The first-order valence-electron chi connectivity index (χ1n) is 4.78. The first-order valence-corrected chi connectivity index (χ1v) is 5.58. The summed E-state index contributed by atoms with van der Waals surface area (Å²) in [5, 5.41) is 9.74. The van der Waals surface area contributed by atoms with Crippen LogP contribution in [0, 0.1) is 5.82 Å². The third-order valence-electron chi connectivity index (χ3n) is 2.65. The Morgan fingerprint density at radius 3 is 2.73 bits per heavy atom. The van der Waals surface area contributed by atoms with Crippen molar-refractivity contribution >= 4 is 15.9 Å². The van der Waals surface area contributed by atoms with E-state index in [0.717, 1.165) is 17.3 Å². The first kappa shape index (κ1) is 10.9. The van der Waals surface area contributed by atoms with E-state index in [2.05, 4.69) is 15.9 Å². The van der Waals surface area contributed by atoms with E-state index in [1.54, 1.807) is 12.1 Å². The number of hydrogen-bond donors (Lipinski definition) is 1. The van der Waals surface area contributed by atoms with Crippen molar-refractivity contribution in [3.8, 4) is 5.75 Å². The number of hydrogen-bond acceptors (Lipinski definition) is 2. The molecule has 0 radical (unpaired) electrons. The van der Waals surface area contributed by atoms with E-state index < -0.39 is 5.60 Å². The lowest BCUT2D eigenvalue weighted by Gasteiger charge is -2.11. The molecule has 0 saturated heterocycles. The molecule has 0 aliphatic heterocycles. The molecule has 0 aromatic heterocycles. The van der Waals surface area contributed by atoms with Gasteiger partial charge in [-0.15, -0.1) is 0 Å². The van der Waals surface area contributed by atoms with Crippen LogP contribution in [0.1, 0.15) is 18.4 Å². The minimum atomic E-state index is -0.688. The molecule has 0 atom stereocenters. The van der Waals surface area contributed by atoms with Crippen LogP contribution >= 0.6 is 15.9 Å². The third-order valence-corrected chi connectivity index (χ3v) is 3.10. The third kappa shape index (κ3) is 2.32. The van der Waals surface area contributed by atoms with E-state index in [-0.39, 0.29) is 11.6 Å². The second kappa shape index (κ2) is 3.76. The van der Waals surface area contributed by atoms with Crippen molar-refractivity contribution in [1.82, 2.24) is 0 Å². The largest absolute Gasteiger partial charge is 0.494 e. The average molecular weight is 275 g/mol. The molecule has 15 heavy (non-hydrogen) atoms. The molecule has 1 fully saturated rings. The Balaban J connectivity index is 2.32. The Bertz CT molecular complexity index is 388. The maximum atomic E-state index is 13.8. The summed E-state index contributed by atoms with van der Waals surface area (Å²) in [6.07, 6.45) is 1.86. The van der Waals surface area contributed by atoms with Gasteiger partial charge in [-0.2, -0.15) is 0 Å². The van der Waals surface area contributed by atoms with Gasteiger partial charge in [-0.1, -0.05) is 15.9 Å². The second-order valence-corrected chi connectivity index (χ2v) is 4.90. The highest BCUT2D eigenvalue weighted by molar-refractivity contribution is 9.10. The van der Waals surface area contributed by atoms with Gasteiger partial charge in [-0.25, -0.2) is 4.39 Å². The average Bonchev–Trinajstić information content (AvgIpc) is 2.89. The molecule has 1 aliphatic rings. The molecule has 1 aromatic rings. The highest BCUT2D eigenvalue weighted by atomic mass is 79.9. The lowest BCUT2D eigenvalue weighted by molar-refractivity contribution is 0.149. The van der Waals surface area contributed by atoms with Crippen molar-refractivity contribution < 1.29 is 14.2 Å². The predicted molar refractivity (Wildman–Crippen MR) is 58.5 cm³/mol. The minimum Gasteiger partial charge on any atom is -0.494 e. The van der Waals surface area contributed by atoms with Crippen LogP contribution < -0.4 is 4.74 Å². The molecule has 0 bridgehead atoms. The molecule has 0 spiro atoms. The fourth-order valence-electron chi connectivity index (χ4n) is 1.57. The van der Waals surface area contributed by atoms with Crippen molar-refractivity contribution in [2.45, 2.75) is 24.9 Å². The molecule has 4 heteroatoms. The van der Waals surface area contributed by atoms with Crippen LogP contribution in [0.3, 0.4) is 0 Å². The van der Waals surface area contributed by atoms with E-state index in [4.69, 9.17) is 4.74 Å². The van der Waals surface area contributed by atoms with Gasteiger partial charge < -0.3 is 9.84 Å². The molecular weight excluding hydrogens is 263 g/mol. The Kier molecular flexibility index (Phi) is 2.73. The van der Waals surface area contributed by atoms with Crippen molar-refractivity contribution in [2.75, 3.05) is 7.11 Å². The quantitative estimate of drug-likeness (QED) is 0.919. The van der Waals surface area contributed by atoms with Crippen molar-refractivity contribution in [1.29, 1.82) is 0 Å². The Morgan fingerprint density at radius 2 is 2.20 bits per heavy atom. The highest BCUT2D eigenvalue weighted by Crippen LogP contribution is 2.40. The van der Waals surface area contributed by atoms with Gasteiger partial charge in [0.2, 0.25) is 0 Å².